The Morgan fingerprint density at radius 3 is 3.05 bits per heavy atom. The summed E-state index contributed by atoms with van der Waals surface area (Å²) in [6.45, 7) is 6.41. The maximum atomic E-state index is 5.97. The van der Waals surface area contributed by atoms with Gasteiger partial charge in [-0.2, -0.15) is 0 Å². The van der Waals surface area contributed by atoms with Gasteiger partial charge in [0.25, 0.3) is 0 Å². The number of hydrogen-bond donors (Lipinski definition) is 1. The minimum absolute atomic E-state index is 0.0639. The third-order valence-corrected chi connectivity index (χ3v) is 4.17. The van der Waals surface area contributed by atoms with Gasteiger partial charge in [0, 0.05) is 37.4 Å². The first-order valence-electron chi connectivity index (χ1n) is 7.52. The number of ether oxygens (including phenoxy) is 2. The second-order valence-corrected chi connectivity index (χ2v) is 5.81. The zero-order valence-electron chi connectivity index (χ0n) is 12.3. The highest BCUT2D eigenvalue weighted by molar-refractivity contribution is 5.37. The number of nitrogens with one attached hydrogen (secondary N) is 1. The second kappa shape index (κ2) is 5.66. The van der Waals surface area contributed by atoms with Crippen molar-refractivity contribution in [1.29, 1.82) is 0 Å². The van der Waals surface area contributed by atoms with Crippen LogP contribution >= 0.6 is 0 Å². The lowest BCUT2D eigenvalue weighted by atomic mass is 9.90. The predicted molar refractivity (Wildman–Crippen MR) is 76.9 cm³/mol. The molecule has 0 unspecified atom stereocenters. The first-order valence-corrected chi connectivity index (χ1v) is 7.52. The fraction of sp³-hybridized carbons (Fsp3) is 0.733. The molecule has 2 aliphatic heterocycles. The fourth-order valence-corrected chi connectivity index (χ4v) is 3.11. The van der Waals surface area contributed by atoms with E-state index in [1.165, 1.54) is 0 Å². The minimum Gasteiger partial charge on any atom is -0.378 e. The van der Waals surface area contributed by atoms with E-state index in [4.69, 9.17) is 9.47 Å². The van der Waals surface area contributed by atoms with Gasteiger partial charge in [-0.1, -0.05) is 6.92 Å². The van der Waals surface area contributed by atoms with Crippen molar-refractivity contribution in [3.05, 3.63) is 17.6 Å². The molecule has 1 aromatic rings. The van der Waals surface area contributed by atoms with Crippen molar-refractivity contribution in [3.63, 3.8) is 0 Å². The summed E-state index contributed by atoms with van der Waals surface area (Å²) in [6.07, 6.45) is 3.96. The zero-order valence-corrected chi connectivity index (χ0v) is 12.3. The van der Waals surface area contributed by atoms with Crippen LogP contribution in [-0.2, 0) is 15.9 Å². The highest BCUT2D eigenvalue weighted by atomic mass is 16.6. The summed E-state index contributed by atoms with van der Waals surface area (Å²) in [5.74, 6) is 1.77. The van der Waals surface area contributed by atoms with Gasteiger partial charge in [0.05, 0.1) is 12.2 Å². The lowest BCUT2D eigenvalue weighted by Crippen LogP contribution is -2.45. The van der Waals surface area contributed by atoms with E-state index in [-0.39, 0.29) is 5.60 Å². The Morgan fingerprint density at radius 2 is 2.30 bits per heavy atom. The third kappa shape index (κ3) is 2.94. The van der Waals surface area contributed by atoms with Gasteiger partial charge < -0.3 is 14.8 Å². The van der Waals surface area contributed by atoms with E-state index in [0.717, 1.165) is 62.8 Å². The Hall–Kier alpha value is -1.20. The number of nitrogens with zero attached hydrogens (tertiary/aromatic N) is 2. The summed E-state index contributed by atoms with van der Waals surface area (Å²) in [6, 6.07) is 2.46. The van der Waals surface area contributed by atoms with Crippen LogP contribution in [0.4, 0.5) is 5.82 Å². The van der Waals surface area contributed by atoms with Gasteiger partial charge in [0.15, 0.2) is 0 Å². The quantitative estimate of drug-likeness (QED) is 0.917. The van der Waals surface area contributed by atoms with Crippen molar-refractivity contribution in [2.45, 2.75) is 51.2 Å². The zero-order chi connectivity index (χ0) is 14.0. The van der Waals surface area contributed by atoms with Gasteiger partial charge in [0.2, 0.25) is 0 Å². The van der Waals surface area contributed by atoms with Crippen LogP contribution in [0, 0.1) is 6.92 Å². The smallest absolute Gasteiger partial charge is 0.130 e. The van der Waals surface area contributed by atoms with E-state index >= 15 is 0 Å². The summed E-state index contributed by atoms with van der Waals surface area (Å²) in [5, 5.41) is 3.56. The van der Waals surface area contributed by atoms with Gasteiger partial charge in [0.1, 0.15) is 11.6 Å². The first kappa shape index (κ1) is 13.8. The number of hydrogen-bond acceptors (Lipinski definition) is 5. The highest BCUT2D eigenvalue weighted by Gasteiger charge is 2.41. The summed E-state index contributed by atoms with van der Waals surface area (Å²) >= 11 is 0. The maximum absolute atomic E-state index is 5.97. The SMILES string of the molecule is CCc1cc(N[C@H]2CCO[C@@]3(CCOC3)C2)nc(C)n1. The van der Waals surface area contributed by atoms with Crippen molar-refractivity contribution in [3.8, 4) is 0 Å². The van der Waals surface area contributed by atoms with Crippen molar-refractivity contribution in [2.24, 2.45) is 0 Å². The molecule has 0 aliphatic carbocycles. The van der Waals surface area contributed by atoms with Crippen LogP contribution in [0.3, 0.4) is 0 Å². The van der Waals surface area contributed by atoms with Crippen LogP contribution in [-0.4, -0.2) is 41.4 Å². The topological polar surface area (TPSA) is 56.3 Å². The average Bonchev–Trinajstić information content (AvgIpc) is 2.86. The van der Waals surface area contributed by atoms with Crippen LogP contribution < -0.4 is 5.32 Å². The Kier molecular flexibility index (Phi) is 3.89. The van der Waals surface area contributed by atoms with Crippen LogP contribution in [0.1, 0.15) is 37.7 Å². The molecule has 2 fully saturated rings. The van der Waals surface area contributed by atoms with Crippen molar-refractivity contribution in [1.82, 2.24) is 9.97 Å². The molecule has 2 atom stereocenters. The van der Waals surface area contributed by atoms with Gasteiger partial charge in [-0.05, 0) is 26.2 Å². The molecule has 3 heterocycles. The summed E-state index contributed by atoms with van der Waals surface area (Å²) in [5.41, 5.74) is 1.02. The molecular formula is C15H23N3O2. The Balaban J connectivity index is 1.69. The molecule has 0 aromatic carbocycles. The number of aromatic nitrogens is 2. The van der Waals surface area contributed by atoms with Crippen LogP contribution in [0.25, 0.3) is 0 Å². The van der Waals surface area contributed by atoms with E-state index in [2.05, 4.69) is 28.3 Å². The van der Waals surface area contributed by atoms with Gasteiger partial charge in [-0.25, -0.2) is 9.97 Å². The first-order chi connectivity index (χ1) is 9.69. The normalized spacial score (nSPS) is 29.8. The van der Waals surface area contributed by atoms with E-state index < -0.39 is 0 Å². The molecule has 0 bridgehead atoms. The molecule has 5 heteroatoms. The van der Waals surface area contributed by atoms with E-state index in [1.807, 2.05) is 6.92 Å². The molecule has 0 radical (unpaired) electrons. The standard InChI is InChI=1S/C15H23N3O2/c1-3-12-8-14(17-11(2)16-12)18-13-4-6-20-15(9-13)5-7-19-10-15/h8,13H,3-7,9-10H2,1-2H3,(H,16,17,18)/t13-,15-/m0/s1. The number of rotatable bonds is 3. The Morgan fingerprint density at radius 1 is 1.40 bits per heavy atom. The summed E-state index contributed by atoms with van der Waals surface area (Å²) < 4.78 is 11.5. The Bertz CT molecular complexity index is 472. The highest BCUT2D eigenvalue weighted by Crippen LogP contribution is 2.33. The van der Waals surface area contributed by atoms with E-state index in [9.17, 15) is 0 Å². The molecule has 0 amide bonds. The maximum Gasteiger partial charge on any atom is 0.130 e. The van der Waals surface area contributed by atoms with Gasteiger partial charge in [-0.3, -0.25) is 0 Å². The molecular weight excluding hydrogens is 254 g/mol. The molecule has 2 aliphatic rings. The van der Waals surface area contributed by atoms with Crippen molar-refractivity contribution >= 4 is 5.82 Å². The van der Waals surface area contributed by atoms with Gasteiger partial charge in [-0.15, -0.1) is 0 Å². The minimum atomic E-state index is -0.0639. The predicted octanol–water partition coefficient (Wildman–Crippen LogP) is 2.10. The third-order valence-electron chi connectivity index (χ3n) is 4.17. The lowest BCUT2D eigenvalue weighted by molar-refractivity contribution is -0.0829. The van der Waals surface area contributed by atoms with Crippen LogP contribution in [0.15, 0.2) is 6.07 Å². The molecule has 1 spiro atoms. The van der Waals surface area contributed by atoms with Crippen LogP contribution in [0.5, 0.6) is 0 Å². The lowest BCUT2D eigenvalue weighted by Gasteiger charge is -2.37. The number of anilines is 1. The summed E-state index contributed by atoms with van der Waals surface area (Å²) in [7, 11) is 0. The number of aryl methyl sites for hydroxylation is 2. The van der Waals surface area contributed by atoms with Crippen molar-refractivity contribution in [2.75, 3.05) is 25.1 Å². The molecule has 3 rings (SSSR count). The molecule has 1 N–H and O–H groups in total. The molecule has 110 valence electrons. The second-order valence-electron chi connectivity index (χ2n) is 5.81. The molecule has 0 saturated carbocycles. The fourth-order valence-electron chi connectivity index (χ4n) is 3.11. The van der Waals surface area contributed by atoms with Crippen LogP contribution in [0.2, 0.25) is 0 Å². The van der Waals surface area contributed by atoms with E-state index in [0.29, 0.717) is 6.04 Å². The molecule has 1 aromatic heterocycles. The summed E-state index contributed by atoms with van der Waals surface area (Å²) in [4.78, 5) is 8.92. The van der Waals surface area contributed by atoms with E-state index in [1.54, 1.807) is 0 Å². The average molecular weight is 277 g/mol. The largest absolute Gasteiger partial charge is 0.378 e. The Labute approximate surface area is 120 Å². The molecule has 20 heavy (non-hydrogen) atoms. The molecule has 5 nitrogen and oxygen atoms in total. The molecule has 2 saturated heterocycles. The van der Waals surface area contributed by atoms with Crippen molar-refractivity contribution < 1.29 is 9.47 Å². The monoisotopic (exact) mass is 277 g/mol. The van der Waals surface area contributed by atoms with Gasteiger partial charge >= 0.3 is 0 Å².